The first-order valence-corrected chi connectivity index (χ1v) is 22.2. The first kappa shape index (κ1) is 54.1. The van der Waals surface area contributed by atoms with Crippen molar-refractivity contribution in [2.24, 2.45) is 0 Å². The Morgan fingerprint density at radius 2 is 0.773 bits per heavy atom. The summed E-state index contributed by atoms with van der Waals surface area (Å²) in [7, 11) is 0. The van der Waals surface area contributed by atoms with Gasteiger partial charge >= 0.3 is 12.4 Å². The molecule has 7 rings (SSSR count). The van der Waals surface area contributed by atoms with Crippen molar-refractivity contribution in [3.05, 3.63) is 227 Å². The van der Waals surface area contributed by atoms with E-state index >= 15 is 0 Å². The van der Waals surface area contributed by atoms with Gasteiger partial charge in [-0.1, -0.05) is 216 Å². The molecule has 0 aromatic heterocycles. The molecule has 0 heterocycles. The molecule has 8 heteroatoms. The van der Waals surface area contributed by atoms with Crippen molar-refractivity contribution >= 4 is 11.9 Å². The number of aryl methyl sites for hydroxylation is 4. The average molecular weight is 905 g/mol. The molecule has 0 aliphatic heterocycles. The van der Waals surface area contributed by atoms with Crippen LogP contribution in [0.25, 0.3) is 0 Å². The summed E-state index contributed by atoms with van der Waals surface area (Å²) < 4.78 is 81.7. The summed E-state index contributed by atoms with van der Waals surface area (Å²) in [6.07, 6.45) is -2.12. The molecule has 1 aliphatic rings. The Morgan fingerprint density at radius 1 is 0.470 bits per heavy atom. The Morgan fingerprint density at radius 3 is 1.11 bits per heavy atom. The van der Waals surface area contributed by atoms with Gasteiger partial charge in [0.1, 0.15) is 11.9 Å². The predicted octanol–water partition coefficient (Wildman–Crippen LogP) is 15.8. The van der Waals surface area contributed by atoms with Crippen LogP contribution >= 0.6 is 0 Å². The van der Waals surface area contributed by atoms with E-state index < -0.39 is 28.9 Å². The molecule has 2 nitrogen and oxygen atoms in total. The third kappa shape index (κ3) is 13.4. The molecule has 6 aromatic carbocycles. The summed E-state index contributed by atoms with van der Waals surface area (Å²) in [5.41, 5.74) is 5.13. The summed E-state index contributed by atoms with van der Waals surface area (Å²) >= 11 is 0. The minimum absolute atomic E-state index is 0.0783. The fourth-order valence-corrected chi connectivity index (χ4v) is 8.48. The second kappa shape index (κ2) is 24.9. The average Bonchev–Trinajstić information content (AvgIpc) is 3.31. The minimum atomic E-state index is -5.53. The third-order valence-electron chi connectivity index (χ3n) is 12.3. The van der Waals surface area contributed by atoms with E-state index in [4.69, 9.17) is 9.59 Å². The summed E-state index contributed by atoms with van der Waals surface area (Å²) in [4.78, 5) is 17.1. The highest BCUT2D eigenvalue weighted by Gasteiger charge is 2.72. The first-order valence-electron chi connectivity index (χ1n) is 22.2. The Labute approximate surface area is 388 Å². The maximum absolute atomic E-state index is 13.6. The zero-order valence-corrected chi connectivity index (χ0v) is 39.0. The van der Waals surface area contributed by atoms with Crippen LogP contribution in [-0.2, 0) is 38.7 Å². The van der Waals surface area contributed by atoms with Crippen LogP contribution in [0.4, 0.5) is 26.3 Å². The van der Waals surface area contributed by atoms with Gasteiger partial charge in [-0.25, -0.2) is 9.59 Å². The molecule has 0 N–H and O–H groups in total. The number of rotatable bonds is 8. The summed E-state index contributed by atoms with van der Waals surface area (Å²) in [5.74, 6) is 2.50. The van der Waals surface area contributed by atoms with Gasteiger partial charge in [-0.3, -0.25) is 0 Å². The molecular weight excluding hydrogens is 843 g/mol. The van der Waals surface area contributed by atoms with Crippen molar-refractivity contribution in [3.63, 3.8) is 0 Å². The highest BCUT2D eigenvalue weighted by molar-refractivity contribution is 5.46. The molecule has 1 aliphatic carbocycles. The summed E-state index contributed by atoms with van der Waals surface area (Å²) in [5, 5.41) is 0. The minimum Gasteiger partial charge on any atom is -0.234 e. The molecule has 0 bridgehead atoms. The molecular formula is C58H62F6O2. The molecule has 0 unspecified atom stereocenters. The maximum Gasteiger partial charge on any atom is 0.411 e. The zero-order valence-electron chi connectivity index (χ0n) is 39.0. The summed E-state index contributed by atoms with van der Waals surface area (Å²) in [6.45, 7) is 18.1. The standard InChI is InChI=1S/C22H28.C16H12F6.C16H18.2C2H2O/c1-3-18-8-12-20(13-9-18)22(16-6-5-7-17-22)21-14-10-19(4-2)11-15-21;1-11-7-9-13(10-8-11)14(15(17,18)19,16(20,21)22)12-5-3-2-4-6-12;1-13-9-11-15(12-10-13)16(2,3)14-7-5-4-6-8-14;2*1-2-3/h8-15H,3-7,16-17H2,1-2H3;2-10H,1H3;4-12H,1-3H3;2*1H2. The van der Waals surface area contributed by atoms with Gasteiger partial charge in [0.25, 0.3) is 0 Å². The topological polar surface area (TPSA) is 34.1 Å². The Kier molecular flexibility index (Phi) is 20.4. The quantitative estimate of drug-likeness (QED) is 0.113. The lowest BCUT2D eigenvalue weighted by Crippen LogP contribution is -2.54. The van der Waals surface area contributed by atoms with Gasteiger partial charge < -0.3 is 0 Å². The molecule has 6 aromatic rings. The van der Waals surface area contributed by atoms with Crippen LogP contribution < -0.4 is 0 Å². The number of hydrogen-bond acceptors (Lipinski definition) is 2. The number of alkyl halides is 6. The fraction of sp³-hybridized carbons (Fsp3) is 0.310. The van der Waals surface area contributed by atoms with Gasteiger partial charge in [-0.15, -0.1) is 0 Å². The van der Waals surface area contributed by atoms with Crippen molar-refractivity contribution in [2.75, 3.05) is 0 Å². The van der Waals surface area contributed by atoms with E-state index in [9.17, 15) is 26.3 Å². The van der Waals surface area contributed by atoms with Crippen LogP contribution in [0.15, 0.2) is 171 Å². The van der Waals surface area contributed by atoms with Crippen molar-refractivity contribution < 1.29 is 35.9 Å². The maximum atomic E-state index is 13.6. The van der Waals surface area contributed by atoms with Crippen LogP contribution in [0.5, 0.6) is 0 Å². The number of halogens is 6. The molecule has 1 fully saturated rings. The van der Waals surface area contributed by atoms with E-state index in [1.165, 1.54) is 101 Å². The van der Waals surface area contributed by atoms with Gasteiger partial charge in [-0.2, -0.15) is 26.3 Å². The first-order chi connectivity index (χ1) is 31.3. The van der Waals surface area contributed by atoms with E-state index in [0.29, 0.717) is 5.56 Å². The Hall–Kier alpha value is -6.20. The van der Waals surface area contributed by atoms with Crippen LogP contribution in [0.2, 0.25) is 0 Å². The largest absolute Gasteiger partial charge is 0.411 e. The molecule has 1 saturated carbocycles. The van der Waals surface area contributed by atoms with Crippen molar-refractivity contribution in [1.82, 2.24) is 0 Å². The van der Waals surface area contributed by atoms with Gasteiger partial charge in [0.15, 0.2) is 0 Å². The van der Waals surface area contributed by atoms with Gasteiger partial charge in [0, 0.05) is 10.8 Å². The highest BCUT2D eigenvalue weighted by atomic mass is 19.4. The second-order valence-corrected chi connectivity index (χ2v) is 16.9. The smallest absolute Gasteiger partial charge is 0.234 e. The molecule has 0 saturated heterocycles. The number of carbonyl (C=O) groups excluding carboxylic acids is 2. The molecule has 0 spiro atoms. The molecule has 348 valence electrons. The van der Waals surface area contributed by atoms with Crippen LogP contribution in [0, 0.1) is 13.8 Å². The third-order valence-corrected chi connectivity index (χ3v) is 12.3. The Bertz CT molecular complexity index is 2300. The Balaban J connectivity index is 0.000000250. The van der Waals surface area contributed by atoms with Crippen LogP contribution in [0.1, 0.15) is 115 Å². The molecule has 0 amide bonds. The highest BCUT2D eigenvalue weighted by Crippen LogP contribution is 2.56. The van der Waals surface area contributed by atoms with Crippen molar-refractivity contribution in [3.8, 4) is 0 Å². The molecule has 66 heavy (non-hydrogen) atoms. The SMILES string of the molecule is C=C=O.C=C=O.CCc1ccc(C2(c3ccc(CC)cc3)CCCCC2)cc1.Cc1ccc(C(C)(C)c2ccccc2)cc1.Cc1ccc(C(c2ccccc2)(C(F)(F)F)C(F)(F)F)cc1. The summed E-state index contributed by atoms with van der Waals surface area (Å²) in [6, 6.07) is 47.9. The predicted molar refractivity (Wildman–Crippen MR) is 258 cm³/mol. The van der Waals surface area contributed by atoms with E-state index in [0.717, 1.165) is 49.2 Å². The van der Waals surface area contributed by atoms with E-state index in [1.807, 2.05) is 0 Å². The number of hydrogen-bond donors (Lipinski definition) is 0. The van der Waals surface area contributed by atoms with E-state index in [2.05, 4.69) is 151 Å². The normalized spacial score (nSPS) is 13.2. The van der Waals surface area contributed by atoms with Crippen molar-refractivity contribution in [2.45, 2.75) is 115 Å². The van der Waals surface area contributed by atoms with Gasteiger partial charge in [0.2, 0.25) is 5.41 Å². The monoisotopic (exact) mass is 904 g/mol. The zero-order chi connectivity index (χ0) is 49.0. The second-order valence-electron chi connectivity index (χ2n) is 16.9. The van der Waals surface area contributed by atoms with Crippen LogP contribution in [0.3, 0.4) is 0 Å². The lowest BCUT2D eigenvalue weighted by atomic mass is 9.65. The lowest BCUT2D eigenvalue weighted by Gasteiger charge is -2.39. The lowest BCUT2D eigenvalue weighted by molar-refractivity contribution is -0.288. The van der Waals surface area contributed by atoms with Crippen LogP contribution in [-0.4, -0.2) is 24.2 Å². The van der Waals surface area contributed by atoms with Crippen molar-refractivity contribution in [1.29, 1.82) is 0 Å². The number of benzene rings is 6. The van der Waals surface area contributed by atoms with Gasteiger partial charge in [-0.05, 0) is 97.2 Å². The fourth-order valence-electron chi connectivity index (χ4n) is 8.48. The van der Waals surface area contributed by atoms with E-state index in [-0.39, 0.29) is 10.8 Å². The molecule has 0 atom stereocenters. The molecule has 0 radical (unpaired) electrons. The van der Waals surface area contributed by atoms with E-state index in [1.54, 1.807) is 6.92 Å². The van der Waals surface area contributed by atoms with Gasteiger partial charge in [0.05, 0.1) is 0 Å².